The molecule has 0 saturated carbocycles. The van der Waals surface area contributed by atoms with Crippen LogP contribution in [-0.4, -0.2) is 9.97 Å². The normalized spacial score (nSPS) is 10.6. The van der Waals surface area contributed by atoms with Crippen LogP contribution in [0.15, 0.2) is 24.3 Å². The molecule has 1 aromatic carbocycles. The Morgan fingerprint density at radius 2 is 1.94 bits per heavy atom. The van der Waals surface area contributed by atoms with Crippen molar-refractivity contribution in [2.75, 3.05) is 0 Å². The van der Waals surface area contributed by atoms with Gasteiger partial charge in [-0.05, 0) is 30.2 Å². The third-order valence-electron chi connectivity index (χ3n) is 2.63. The fourth-order valence-corrected chi connectivity index (χ4v) is 2.49. The van der Waals surface area contributed by atoms with E-state index < -0.39 is 0 Å². The van der Waals surface area contributed by atoms with Gasteiger partial charge in [0.1, 0.15) is 10.5 Å². The van der Waals surface area contributed by atoms with Crippen LogP contribution in [-0.2, 0) is 12.8 Å². The second-order valence-corrected chi connectivity index (χ2v) is 5.15. The Labute approximate surface area is 121 Å². The molecular formula is C13H12Cl2N2S. The molecule has 0 unspecified atom stereocenters. The average Bonchev–Trinajstić information content (AvgIpc) is 2.33. The van der Waals surface area contributed by atoms with E-state index in [0.717, 1.165) is 23.5 Å². The first kappa shape index (κ1) is 13.5. The van der Waals surface area contributed by atoms with Gasteiger partial charge in [-0.25, -0.2) is 4.98 Å². The fourth-order valence-electron chi connectivity index (χ4n) is 1.71. The molecule has 0 atom stereocenters. The van der Waals surface area contributed by atoms with Crippen molar-refractivity contribution in [3.63, 3.8) is 0 Å². The van der Waals surface area contributed by atoms with Gasteiger partial charge in [-0.3, -0.25) is 0 Å². The van der Waals surface area contributed by atoms with Crippen LogP contribution in [0.3, 0.4) is 0 Å². The van der Waals surface area contributed by atoms with Crippen LogP contribution in [0.1, 0.15) is 24.0 Å². The number of nitrogens with zero attached hydrogens (tertiary/aromatic N) is 1. The number of aromatic nitrogens is 2. The van der Waals surface area contributed by atoms with Gasteiger partial charge < -0.3 is 4.98 Å². The van der Waals surface area contributed by atoms with Gasteiger partial charge in [0.15, 0.2) is 0 Å². The first-order chi connectivity index (χ1) is 8.60. The Hall–Kier alpha value is -0.900. The minimum Gasteiger partial charge on any atom is -0.347 e. The number of nitrogens with one attached hydrogen (secondary N) is 1. The number of aryl methyl sites for hydroxylation is 1. The zero-order valence-corrected chi connectivity index (χ0v) is 12.2. The van der Waals surface area contributed by atoms with Crippen LogP contribution < -0.4 is 0 Å². The summed E-state index contributed by atoms with van der Waals surface area (Å²) in [6, 6.07) is 7.33. The summed E-state index contributed by atoms with van der Waals surface area (Å²) in [5.41, 5.74) is 1.93. The SMILES string of the molecule is CCc1cc(=S)nc(Cc2c(Cl)cccc2Cl)[nH]1. The van der Waals surface area contributed by atoms with E-state index >= 15 is 0 Å². The molecule has 2 aromatic rings. The van der Waals surface area contributed by atoms with Crippen molar-refractivity contribution in [3.05, 3.63) is 56.0 Å². The first-order valence-corrected chi connectivity index (χ1v) is 6.78. The standard InChI is InChI=1S/C13H12Cl2N2S/c1-2-8-6-13(18)17-12(16-8)7-9-10(14)4-3-5-11(9)15/h3-6H,2,7H2,1H3,(H,16,17,18). The molecular weight excluding hydrogens is 287 g/mol. The van der Waals surface area contributed by atoms with Crippen molar-refractivity contribution in [2.24, 2.45) is 0 Å². The Bertz CT molecular complexity index is 602. The monoisotopic (exact) mass is 298 g/mol. The summed E-state index contributed by atoms with van der Waals surface area (Å²) in [4.78, 5) is 7.54. The Morgan fingerprint density at radius 1 is 1.28 bits per heavy atom. The van der Waals surface area contributed by atoms with Crippen LogP contribution in [0.25, 0.3) is 0 Å². The molecule has 0 radical (unpaired) electrons. The van der Waals surface area contributed by atoms with Crippen LogP contribution in [0.5, 0.6) is 0 Å². The summed E-state index contributed by atoms with van der Waals surface area (Å²) >= 11 is 17.4. The van der Waals surface area contributed by atoms with Gasteiger partial charge >= 0.3 is 0 Å². The minimum absolute atomic E-state index is 0.552. The molecule has 0 aliphatic carbocycles. The van der Waals surface area contributed by atoms with E-state index in [1.807, 2.05) is 24.3 Å². The quantitative estimate of drug-likeness (QED) is 0.839. The summed E-state index contributed by atoms with van der Waals surface area (Å²) in [5, 5.41) is 1.29. The zero-order chi connectivity index (χ0) is 13.1. The van der Waals surface area contributed by atoms with E-state index in [1.165, 1.54) is 0 Å². The van der Waals surface area contributed by atoms with E-state index in [0.29, 0.717) is 21.1 Å². The molecule has 5 heteroatoms. The molecule has 1 N–H and O–H groups in total. The van der Waals surface area contributed by atoms with E-state index in [-0.39, 0.29) is 0 Å². The summed E-state index contributed by atoms with van der Waals surface area (Å²) in [6.07, 6.45) is 1.44. The minimum atomic E-state index is 0.552. The first-order valence-electron chi connectivity index (χ1n) is 5.62. The van der Waals surface area contributed by atoms with E-state index in [9.17, 15) is 0 Å². The lowest BCUT2D eigenvalue weighted by atomic mass is 10.1. The van der Waals surface area contributed by atoms with Crippen molar-refractivity contribution < 1.29 is 0 Å². The second-order valence-electron chi connectivity index (χ2n) is 3.92. The van der Waals surface area contributed by atoms with E-state index in [4.69, 9.17) is 35.4 Å². The largest absolute Gasteiger partial charge is 0.347 e. The maximum absolute atomic E-state index is 6.14. The highest BCUT2D eigenvalue weighted by atomic mass is 35.5. The number of hydrogen-bond acceptors (Lipinski definition) is 2. The van der Waals surface area contributed by atoms with Crippen molar-refractivity contribution >= 4 is 35.4 Å². The van der Waals surface area contributed by atoms with E-state index in [2.05, 4.69) is 16.9 Å². The lowest BCUT2D eigenvalue weighted by Crippen LogP contribution is -2.01. The van der Waals surface area contributed by atoms with Crippen molar-refractivity contribution in [1.29, 1.82) is 0 Å². The maximum Gasteiger partial charge on any atom is 0.130 e. The molecule has 18 heavy (non-hydrogen) atoms. The summed E-state index contributed by atoms with van der Waals surface area (Å²) in [7, 11) is 0. The van der Waals surface area contributed by atoms with E-state index in [1.54, 1.807) is 0 Å². The number of hydrogen-bond donors (Lipinski definition) is 1. The topological polar surface area (TPSA) is 28.7 Å². The van der Waals surface area contributed by atoms with Crippen LogP contribution in [0.4, 0.5) is 0 Å². The number of H-pyrrole nitrogens is 1. The number of aromatic amines is 1. The molecule has 94 valence electrons. The highest BCUT2D eigenvalue weighted by Crippen LogP contribution is 2.25. The molecule has 0 bridgehead atoms. The average molecular weight is 299 g/mol. The highest BCUT2D eigenvalue weighted by Gasteiger charge is 2.08. The predicted molar refractivity (Wildman–Crippen MR) is 78.1 cm³/mol. The van der Waals surface area contributed by atoms with Gasteiger partial charge in [0.25, 0.3) is 0 Å². The van der Waals surface area contributed by atoms with Gasteiger partial charge in [-0.2, -0.15) is 0 Å². The van der Waals surface area contributed by atoms with Gasteiger partial charge in [0.05, 0.1) is 0 Å². The smallest absolute Gasteiger partial charge is 0.130 e. The second kappa shape index (κ2) is 5.83. The molecule has 2 rings (SSSR count). The van der Waals surface area contributed by atoms with Crippen molar-refractivity contribution in [3.8, 4) is 0 Å². The lowest BCUT2D eigenvalue weighted by Gasteiger charge is -2.08. The third kappa shape index (κ3) is 3.10. The Morgan fingerprint density at radius 3 is 2.56 bits per heavy atom. The Kier molecular flexibility index (Phi) is 4.38. The molecule has 0 saturated heterocycles. The highest BCUT2D eigenvalue weighted by molar-refractivity contribution is 7.71. The number of halogens is 2. The number of rotatable bonds is 3. The van der Waals surface area contributed by atoms with Gasteiger partial charge in [-0.1, -0.05) is 48.4 Å². The molecule has 1 heterocycles. The fraction of sp³-hybridized carbons (Fsp3) is 0.231. The molecule has 0 aliphatic rings. The lowest BCUT2D eigenvalue weighted by molar-refractivity contribution is 0.899. The van der Waals surface area contributed by atoms with Crippen molar-refractivity contribution in [1.82, 2.24) is 9.97 Å². The van der Waals surface area contributed by atoms with Crippen molar-refractivity contribution in [2.45, 2.75) is 19.8 Å². The summed E-state index contributed by atoms with van der Waals surface area (Å²) < 4.78 is 0.587. The van der Waals surface area contributed by atoms with Crippen LogP contribution >= 0.6 is 35.4 Å². The molecule has 1 aromatic heterocycles. The molecule has 0 fully saturated rings. The Balaban J connectivity index is 2.40. The maximum atomic E-state index is 6.14. The van der Waals surface area contributed by atoms with Crippen LogP contribution in [0, 0.1) is 4.64 Å². The van der Waals surface area contributed by atoms with Crippen LogP contribution in [0.2, 0.25) is 10.0 Å². The molecule has 0 spiro atoms. The number of benzene rings is 1. The zero-order valence-electron chi connectivity index (χ0n) is 9.84. The predicted octanol–water partition coefficient (Wildman–Crippen LogP) is 4.60. The van der Waals surface area contributed by atoms with Gasteiger partial charge in [0.2, 0.25) is 0 Å². The van der Waals surface area contributed by atoms with Gasteiger partial charge in [0, 0.05) is 22.2 Å². The molecule has 0 amide bonds. The summed E-state index contributed by atoms with van der Waals surface area (Å²) in [6.45, 7) is 2.06. The molecule has 0 aliphatic heterocycles. The summed E-state index contributed by atoms with van der Waals surface area (Å²) in [5.74, 6) is 0.786. The molecule has 2 nitrogen and oxygen atoms in total. The third-order valence-corrected chi connectivity index (χ3v) is 3.55. The van der Waals surface area contributed by atoms with Gasteiger partial charge in [-0.15, -0.1) is 0 Å².